The van der Waals surface area contributed by atoms with E-state index in [1.165, 1.54) is 4.90 Å². The van der Waals surface area contributed by atoms with E-state index in [9.17, 15) is 19.5 Å². The number of carbonyl (C=O) groups excluding carboxylic acids is 2. The van der Waals surface area contributed by atoms with Gasteiger partial charge in [0, 0.05) is 25.1 Å². The minimum Gasteiger partial charge on any atom is -0.480 e. The number of rotatable bonds is 7. The van der Waals surface area contributed by atoms with Crippen molar-refractivity contribution in [2.75, 3.05) is 13.2 Å². The van der Waals surface area contributed by atoms with E-state index < -0.39 is 17.9 Å². The van der Waals surface area contributed by atoms with Crippen molar-refractivity contribution in [1.29, 1.82) is 0 Å². The van der Waals surface area contributed by atoms with E-state index in [-0.39, 0.29) is 31.1 Å². The molecule has 1 unspecified atom stereocenters. The minimum atomic E-state index is -1.12. The van der Waals surface area contributed by atoms with Crippen LogP contribution in [-0.2, 0) is 20.9 Å². The van der Waals surface area contributed by atoms with E-state index in [1.54, 1.807) is 12.1 Å². The molecular weight excluding hydrogens is 324 g/mol. The number of amides is 2. The fraction of sp³-hybridized carbons (Fsp3) is 0.500. The predicted octanol–water partition coefficient (Wildman–Crippen LogP) is 1.42. The maximum absolute atomic E-state index is 12.2. The average Bonchev–Trinajstić information content (AvgIpc) is 2.81. The van der Waals surface area contributed by atoms with Crippen LogP contribution in [0.15, 0.2) is 24.3 Å². The first kappa shape index (κ1) is 18.9. The second-order valence-electron chi connectivity index (χ2n) is 7.03. The largest absolute Gasteiger partial charge is 0.480 e. The standard InChI is InChI=1S/C18H24N2O5/c1-18(2,3)25-9-8-14(17(23)24)19-15(21)11-20-10-12-6-4-5-7-13(12)16(20)22/h4-7,14H,8-11H2,1-3H3,(H,19,21)(H,23,24). The molecule has 2 amide bonds. The highest BCUT2D eigenvalue weighted by Gasteiger charge is 2.29. The first-order valence-electron chi connectivity index (χ1n) is 8.20. The summed E-state index contributed by atoms with van der Waals surface area (Å²) >= 11 is 0. The van der Waals surface area contributed by atoms with Gasteiger partial charge in [-0.15, -0.1) is 0 Å². The van der Waals surface area contributed by atoms with E-state index in [4.69, 9.17) is 4.74 Å². The van der Waals surface area contributed by atoms with Crippen LogP contribution in [0.3, 0.4) is 0 Å². The zero-order chi connectivity index (χ0) is 18.6. The van der Waals surface area contributed by atoms with Gasteiger partial charge in [0.25, 0.3) is 5.91 Å². The first-order chi connectivity index (χ1) is 11.7. The van der Waals surface area contributed by atoms with E-state index in [1.807, 2.05) is 32.9 Å². The van der Waals surface area contributed by atoms with E-state index in [2.05, 4.69) is 5.32 Å². The highest BCUT2D eigenvalue weighted by molar-refractivity contribution is 6.00. The topological polar surface area (TPSA) is 95.9 Å². The molecule has 0 saturated heterocycles. The third-order valence-electron chi connectivity index (χ3n) is 3.81. The summed E-state index contributed by atoms with van der Waals surface area (Å²) < 4.78 is 5.51. The van der Waals surface area contributed by atoms with Crippen LogP contribution in [0, 0.1) is 0 Å². The second kappa shape index (κ2) is 7.65. The number of aliphatic carboxylic acids is 1. The molecule has 136 valence electrons. The lowest BCUT2D eigenvalue weighted by Crippen LogP contribution is -2.46. The van der Waals surface area contributed by atoms with Crippen LogP contribution >= 0.6 is 0 Å². The number of hydrogen-bond acceptors (Lipinski definition) is 4. The maximum Gasteiger partial charge on any atom is 0.326 e. The van der Waals surface area contributed by atoms with Crippen molar-refractivity contribution < 1.29 is 24.2 Å². The molecule has 25 heavy (non-hydrogen) atoms. The van der Waals surface area contributed by atoms with Crippen LogP contribution in [0.4, 0.5) is 0 Å². The Bertz CT molecular complexity index is 666. The Labute approximate surface area is 147 Å². The summed E-state index contributed by atoms with van der Waals surface area (Å²) in [6.45, 7) is 6.02. The van der Waals surface area contributed by atoms with Gasteiger partial charge in [0.05, 0.1) is 5.60 Å². The second-order valence-corrected chi connectivity index (χ2v) is 7.03. The summed E-state index contributed by atoms with van der Waals surface area (Å²) in [5.41, 5.74) is 1.08. The van der Waals surface area contributed by atoms with Crippen molar-refractivity contribution in [2.24, 2.45) is 0 Å². The number of carboxylic acid groups (broad SMARTS) is 1. The summed E-state index contributed by atoms with van der Waals surface area (Å²) in [6, 6.07) is 6.13. The van der Waals surface area contributed by atoms with Gasteiger partial charge in [-0.3, -0.25) is 9.59 Å². The molecule has 0 fully saturated rings. The lowest BCUT2D eigenvalue weighted by molar-refractivity contribution is -0.142. The van der Waals surface area contributed by atoms with Crippen molar-refractivity contribution in [3.63, 3.8) is 0 Å². The summed E-state index contributed by atoms with van der Waals surface area (Å²) in [4.78, 5) is 37.1. The molecule has 1 aliphatic rings. The smallest absolute Gasteiger partial charge is 0.326 e. The maximum atomic E-state index is 12.2. The number of fused-ring (bicyclic) bond motifs is 1. The highest BCUT2D eigenvalue weighted by atomic mass is 16.5. The SMILES string of the molecule is CC(C)(C)OCCC(NC(=O)CN1Cc2ccccc2C1=O)C(=O)O. The predicted molar refractivity (Wildman–Crippen MR) is 91.1 cm³/mol. The van der Waals surface area contributed by atoms with E-state index >= 15 is 0 Å². The minimum absolute atomic E-state index is 0.159. The van der Waals surface area contributed by atoms with Crippen LogP contribution in [0.2, 0.25) is 0 Å². The third kappa shape index (κ3) is 5.29. The number of hydrogen-bond donors (Lipinski definition) is 2. The van der Waals surface area contributed by atoms with Gasteiger partial charge in [-0.1, -0.05) is 18.2 Å². The highest BCUT2D eigenvalue weighted by Crippen LogP contribution is 2.21. The molecule has 1 aromatic carbocycles. The Hall–Kier alpha value is -2.41. The van der Waals surface area contributed by atoms with E-state index in [0.29, 0.717) is 12.1 Å². The molecule has 0 aliphatic carbocycles. The van der Waals surface area contributed by atoms with Crippen molar-refractivity contribution in [3.8, 4) is 0 Å². The molecule has 0 bridgehead atoms. The van der Waals surface area contributed by atoms with Gasteiger partial charge in [-0.2, -0.15) is 0 Å². The average molecular weight is 348 g/mol. The molecule has 1 aliphatic heterocycles. The van der Waals surface area contributed by atoms with Crippen LogP contribution in [0.25, 0.3) is 0 Å². The number of carboxylic acids is 1. The first-order valence-corrected chi connectivity index (χ1v) is 8.20. The molecule has 1 atom stereocenters. The van der Waals surface area contributed by atoms with Gasteiger partial charge >= 0.3 is 5.97 Å². The van der Waals surface area contributed by atoms with Gasteiger partial charge < -0.3 is 20.1 Å². The zero-order valence-corrected chi connectivity index (χ0v) is 14.7. The molecule has 0 aromatic heterocycles. The summed E-state index contributed by atoms with van der Waals surface area (Å²) in [7, 11) is 0. The molecule has 2 rings (SSSR count). The van der Waals surface area contributed by atoms with Crippen LogP contribution in [0.1, 0.15) is 43.1 Å². The number of ether oxygens (including phenoxy) is 1. The summed E-state index contributed by atoms with van der Waals surface area (Å²) in [6.07, 6.45) is 0.159. The van der Waals surface area contributed by atoms with Gasteiger partial charge in [-0.05, 0) is 32.4 Å². The molecule has 0 spiro atoms. The van der Waals surface area contributed by atoms with Crippen molar-refractivity contribution in [2.45, 2.75) is 45.4 Å². The molecule has 0 radical (unpaired) electrons. The normalized spacial score (nSPS) is 15.0. The molecule has 7 nitrogen and oxygen atoms in total. The van der Waals surface area contributed by atoms with Gasteiger partial charge in [0.15, 0.2) is 0 Å². The fourth-order valence-electron chi connectivity index (χ4n) is 2.60. The van der Waals surface area contributed by atoms with Gasteiger partial charge in [-0.25, -0.2) is 4.79 Å². The Morgan fingerprint density at radius 3 is 2.60 bits per heavy atom. The van der Waals surface area contributed by atoms with Crippen molar-refractivity contribution in [3.05, 3.63) is 35.4 Å². The Kier molecular flexibility index (Phi) is 5.79. The van der Waals surface area contributed by atoms with E-state index in [0.717, 1.165) is 5.56 Å². The zero-order valence-electron chi connectivity index (χ0n) is 14.7. The third-order valence-corrected chi connectivity index (χ3v) is 3.81. The Morgan fingerprint density at radius 2 is 2.00 bits per heavy atom. The van der Waals surface area contributed by atoms with Crippen molar-refractivity contribution >= 4 is 17.8 Å². The van der Waals surface area contributed by atoms with Crippen LogP contribution < -0.4 is 5.32 Å². The molecule has 7 heteroatoms. The number of carbonyl (C=O) groups is 3. The number of nitrogens with zero attached hydrogens (tertiary/aromatic N) is 1. The number of nitrogens with one attached hydrogen (secondary N) is 1. The molecule has 2 N–H and O–H groups in total. The lowest BCUT2D eigenvalue weighted by atomic mass is 10.1. The molecule has 1 heterocycles. The summed E-state index contributed by atoms with van der Waals surface area (Å²) in [5.74, 6) is -1.83. The van der Waals surface area contributed by atoms with Crippen LogP contribution in [0.5, 0.6) is 0 Å². The molecular formula is C18H24N2O5. The van der Waals surface area contributed by atoms with Gasteiger partial charge in [0.2, 0.25) is 5.91 Å². The quantitative estimate of drug-likeness (QED) is 0.777. The summed E-state index contributed by atoms with van der Waals surface area (Å²) in [5, 5.41) is 11.7. The monoisotopic (exact) mass is 348 g/mol. The van der Waals surface area contributed by atoms with Gasteiger partial charge in [0.1, 0.15) is 12.6 Å². The van der Waals surface area contributed by atoms with Crippen molar-refractivity contribution in [1.82, 2.24) is 10.2 Å². The number of benzene rings is 1. The molecule has 1 aromatic rings. The lowest BCUT2D eigenvalue weighted by Gasteiger charge is -2.22. The Balaban J connectivity index is 1.88. The van der Waals surface area contributed by atoms with Crippen LogP contribution in [-0.4, -0.2) is 52.6 Å². The molecule has 0 saturated carbocycles. The Morgan fingerprint density at radius 1 is 1.32 bits per heavy atom. The fourth-order valence-corrected chi connectivity index (χ4v) is 2.60.